The number of H-pyrrole nitrogens is 1. The Morgan fingerprint density at radius 3 is 2.75 bits per heavy atom. The standard InChI is InChI=1S/C29H26FN9O/c1-29(2,3)11-21(40)37-17-10-16(12-31-13-17)18-14-34-27-22(23(18)30)26(35-15-36-27)28-38-20-7-9-33-24(25(20)39-28)19-6-4-5-8-32-19/h4-10,12-14H,11,15H2,1-3H3,(H,34,36)(H,37,40)(H,38,39). The largest absolute Gasteiger partial charge is 0.350 e. The van der Waals surface area contributed by atoms with E-state index in [1.807, 2.05) is 39.0 Å². The van der Waals surface area contributed by atoms with Crippen molar-refractivity contribution in [3.63, 3.8) is 0 Å². The molecule has 1 amide bonds. The second-order valence-corrected chi connectivity index (χ2v) is 10.7. The first kappa shape index (κ1) is 25.2. The van der Waals surface area contributed by atoms with Crippen molar-refractivity contribution in [2.75, 3.05) is 17.3 Å². The van der Waals surface area contributed by atoms with E-state index in [0.717, 1.165) is 5.52 Å². The average Bonchev–Trinajstić information content (AvgIpc) is 3.37. The molecule has 0 saturated heterocycles. The van der Waals surface area contributed by atoms with Crippen LogP contribution in [-0.2, 0) is 4.79 Å². The Balaban J connectivity index is 1.38. The summed E-state index contributed by atoms with van der Waals surface area (Å²) in [6.07, 6.45) is 8.22. The lowest BCUT2D eigenvalue weighted by atomic mass is 9.92. The number of fused-ring (bicyclic) bond motifs is 2. The van der Waals surface area contributed by atoms with Gasteiger partial charge in [0.05, 0.1) is 28.7 Å². The third-order valence-corrected chi connectivity index (χ3v) is 6.29. The summed E-state index contributed by atoms with van der Waals surface area (Å²) in [4.78, 5) is 42.6. The summed E-state index contributed by atoms with van der Waals surface area (Å²) in [5.74, 6) is 0.0810. The summed E-state index contributed by atoms with van der Waals surface area (Å²) >= 11 is 0. The maximum absolute atomic E-state index is 16.3. The normalized spacial score (nSPS) is 12.9. The van der Waals surface area contributed by atoms with Crippen LogP contribution in [0.3, 0.4) is 0 Å². The zero-order valence-electron chi connectivity index (χ0n) is 22.2. The molecule has 10 nitrogen and oxygen atoms in total. The molecule has 11 heteroatoms. The Labute approximate surface area is 229 Å². The summed E-state index contributed by atoms with van der Waals surface area (Å²) in [5.41, 5.74) is 4.14. The predicted octanol–water partition coefficient (Wildman–Crippen LogP) is 5.21. The molecule has 3 N–H and O–H groups in total. The Kier molecular flexibility index (Phi) is 6.25. The molecule has 0 aliphatic carbocycles. The zero-order valence-corrected chi connectivity index (χ0v) is 22.2. The van der Waals surface area contributed by atoms with Gasteiger partial charge >= 0.3 is 0 Å². The molecule has 0 spiro atoms. The number of amides is 1. The van der Waals surface area contributed by atoms with Crippen LogP contribution in [0.4, 0.5) is 15.9 Å². The van der Waals surface area contributed by atoms with Crippen molar-refractivity contribution in [3.8, 4) is 22.5 Å². The highest BCUT2D eigenvalue weighted by molar-refractivity contribution is 6.16. The highest BCUT2D eigenvalue weighted by Gasteiger charge is 2.27. The number of imidazole rings is 1. The molecule has 0 aromatic carbocycles. The van der Waals surface area contributed by atoms with Crippen LogP contribution in [0.15, 0.2) is 66.3 Å². The SMILES string of the molecule is CC(C)(C)CC(=O)Nc1cncc(-c2cnc3c(c2F)C(c2nc4c(-c5ccccn5)nccc4[nH]2)=NCN3)c1. The summed E-state index contributed by atoms with van der Waals surface area (Å²) < 4.78 is 16.3. The van der Waals surface area contributed by atoms with Gasteiger partial charge in [0.15, 0.2) is 5.82 Å². The fraction of sp³-hybridized carbons (Fsp3) is 0.207. The van der Waals surface area contributed by atoms with Crippen molar-refractivity contribution >= 4 is 34.2 Å². The monoisotopic (exact) mass is 535 g/mol. The smallest absolute Gasteiger partial charge is 0.224 e. The lowest BCUT2D eigenvalue weighted by Gasteiger charge is -2.19. The topological polar surface area (TPSA) is 134 Å². The van der Waals surface area contributed by atoms with Crippen LogP contribution in [0.2, 0.25) is 0 Å². The minimum Gasteiger partial charge on any atom is -0.350 e. The first-order valence-electron chi connectivity index (χ1n) is 12.8. The summed E-state index contributed by atoms with van der Waals surface area (Å²) in [6, 6.07) is 9.05. The number of aliphatic imine (C=N–C) groups is 1. The number of hydrogen-bond donors (Lipinski definition) is 3. The average molecular weight is 536 g/mol. The van der Waals surface area contributed by atoms with Gasteiger partial charge in [-0.2, -0.15) is 0 Å². The summed E-state index contributed by atoms with van der Waals surface area (Å²) in [7, 11) is 0. The molecular formula is C29H26FN9O. The van der Waals surface area contributed by atoms with Gasteiger partial charge in [0.25, 0.3) is 0 Å². The Bertz CT molecular complexity index is 1770. The maximum atomic E-state index is 16.3. The van der Waals surface area contributed by atoms with E-state index in [2.05, 4.69) is 40.5 Å². The fourth-order valence-electron chi connectivity index (χ4n) is 4.59. The van der Waals surface area contributed by atoms with Crippen molar-refractivity contribution in [2.24, 2.45) is 10.4 Å². The van der Waals surface area contributed by atoms with Crippen LogP contribution >= 0.6 is 0 Å². The van der Waals surface area contributed by atoms with Gasteiger partial charge in [-0.1, -0.05) is 26.8 Å². The van der Waals surface area contributed by atoms with Gasteiger partial charge < -0.3 is 15.6 Å². The van der Waals surface area contributed by atoms with Crippen LogP contribution in [0.5, 0.6) is 0 Å². The number of pyridine rings is 4. The highest BCUT2D eigenvalue weighted by Crippen LogP contribution is 2.33. The van der Waals surface area contributed by atoms with Crippen LogP contribution in [-0.4, -0.2) is 48.2 Å². The number of aromatic amines is 1. The van der Waals surface area contributed by atoms with Gasteiger partial charge in [-0.25, -0.2) is 14.4 Å². The van der Waals surface area contributed by atoms with E-state index in [0.29, 0.717) is 51.9 Å². The molecule has 0 fully saturated rings. The van der Waals surface area contributed by atoms with Crippen LogP contribution in [0.25, 0.3) is 33.5 Å². The maximum Gasteiger partial charge on any atom is 0.224 e. The van der Waals surface area contributed by atoms with Crippen molar-refractivity contribution in [1.82, 2.24) is 29.9 Å². The molecule has 0 saturated carbocycles. The van der Waals surface area contributed by atoms with Crippen LogP contribution < -0.4 is 10.6 Å². The first-order valence-corrected chi connectivity index (χ1v) is 12.8. The van der Waals surface area contributed by atoms with E-state index in [4.69, 9.17) is 4.98 Å². The summed E-state index contributed by atoms with van der Waals surface area (Å²) in [6.45, 7) is 6.18. The third-order valence-electron chi connectivity index (χ3n) is 6.29. The molecule has 5 aromatic rings. The molecular weight excluding hydrogens is 509 g/mol. The molecule has 5 aromatic heterocycles. The summed E-state index contributed by atoms with van der Waals surface area (Å²) in [5, 5.41) is 5.89. The number of aromatic nitrogens is 6. The van der Waals surface area contributed by atoms with Crippen molar-refractivity contribution in [2.45, 2.75) is 27.2 Å². The molecule has 0 radical (unpaired) electrons. The van der Waals surface area contributed by atoms with E-state index in [1.54, 1.807) is 24.5 Å². The Hall–Kier alpha value is -5.06. The number of nitrogens with zero attached hydrogens (tertiary/aromatic N) is 6. The highest BCUT2D eigenvalue weighted by atomic mass is 19.1. The van der Waals surface area contributed by atoms with Gasteiger partial charge in [0, 0.05) is 42.3 Å². The third kappa shape index (κ3) is 4.89. The first-order chi connectivity index (χ1) is 19.3. The van der Waals surface area contributed by atoms with Gasteiger partial charge in [-0.3, -0.25) is 24.7 Å². The molecule has 200 valence electrons. The van der Waals surface area contributed by atoms with Crippen LogP contribution in [0.1, 0.15) is 38.6 Å². The molecule has 6 heterocycles. The minimum absolute atomic E-state index is 0.140. The number of carbonyl (C=O) groups is 1. The van der Waals surface area contributed by atoms with Gasteiger partial charge in [-0.05, 0) is 29.7 Å². The number of anilines is 2. The van der Waals surface area contributed by atoms with Gasteiger partial charge in [0.1, 0.15) is 35.2 Å². The van der Waals surface area contributed by atoms with E-state index in [1.165, 1.54) is 18.6 Å². The lowest BCUT2D eigenvalue weighted by Crippen LogP contribution is -2.21. The van der Waals surface area contributed by atoms with E-state index in [9.17, 15) is 4.79 Å². The Morgan fingerprint density at radius 2 is 1.95 bits per heavy atom. The molecule has 0 atom stereocenters. The molecule has 0 unspecified atom stereocenters. The quantitative estimate of drug-likeness (QED) is 0.281. The van der Waals surface area contributed by atoms with Gasteiger partial charge in [0.2, 0.25) is 5.91 Å². The fourth-order valence-corrected chi connectivity index (χ4v) is 4.59. The molecule has 1 aliphatic heterocycles. The Morgan fingerprint density at radius 1 is 1.07 bits per heavy atom. The minimum atomic E-state index is -0.528. The van der Waals surface area contributed by atoms with Crippen molar-refractivity contribution in [1.29, 1.82) is 0 Å². The van der Waals surface area contributed by atoms with Crippen molar-refractivity contribution in [3.05, 3.63) is 78.5 Å². The van der Waals surface area contributed by atoms with E-state index >= 15 is 4.39 Å². The molecule has 6 rings (SSSR count). The number of halogens is 1. The number of carbonyl (C=O) groups excluding carboxylic acids is 1. The predicted molar refractivity (Wildman–Crippen MR) is 151 cm³/mol. The molecule has 1 aliphatic rings. The zero-order chi connectivity index (χ0) is 27.9. The van der Waals surface area contributed by atoms with Gasteiger partial charge in [-0.15, -0.1) is 0 Å². The second-order valence-electron chi connectivity index (χ2n) is 10.7. The number of nitrogens with one attached hydrogen (secondary N) is 3. The molecule has 0 bridgehead atoms. The lowest BCUT2D eigenvalue weighted by molar-refractivity contribution is -0.117. The number of hydrogen-bond acceptors (Lipinski definition) is 8. The van der Waals surface area contributed by atoms with E-state index in [-0.39, 0.29) is 29.1 Å². The second kappa shape index (κ2) is 9.92. The van der Waals surface area contributed by atoms with Crippen molar-refractivity contribution < 1.29 is 9.18 Å². The van der Waals surface area contributed by atoms with Crippen LogP contribution in [0, 0.1) is 11.2 Å². The number of rotatable bonds is 5. The molecule has 40 heavy (non-hydrogen) atoms. The van der Waals surface area contributed by atoms with E-state index < -0.39 is 5.82 Å².